The summed E-state index contributed by atoms with van der Waals surface area (Å²) in [5, 5.41) is 3.70. The molecular weight excluding hydrogens is 280 g/mol. The second kappa shape index (κ2) is 6.30. The molecule has 2 aromatic rings. The van der Waals surface area contributed by atoms with Crippen LogP contribution in [0.2, 0.25) is 5.15 Å². The zero-order valence-electron chi connectivity index (χ0n) is 11.4. The van der Waals surface area contributed by atoms with Gasteiger partial charge in [-0.05, 0) is 13.3 Å². The van der Waals surface area contributed by atoms with Crippen LogP contribution in [0.15, 0.2) is 11.6 Å². The number of halogens is 1. The van der Waals surface area contributed by atoms with E-state index in [0.29, 0.717) is 11.0 Å². The third kappa shape index (κ3) is 3.42. The van der Waals surface area contributed by atoms with Crippen LogP contribution in [0, 0.1) is 6.92 Å². The molecule has 0 aliphatic heterocycles. The summed E-state index contributed by atoms with van der Waals surface area (Å²) in [7, 11) is 2.03. The van der Waals surface area contributed by atoms with Gasteiger partial charge >= 0.3 is 0 Å². The van der Waals surface area contributed by atoms with Crippen molar-refractivity contribution in [1.29, 1.82) is 0 Å². The number of rotatable bonds is 5. The van der Waals surface area contributed by atoms with Crippen LogP contribution < -0.4 is 4.90 Å². The van der Waals surface area contributed by atoms with E-state index in [4.69, 9.17) is 11.6 Å². The molecule has 0 bridgehead atoms. The molecule has 0 radical (unpaired) electrons. The van der Waals surface area contributed by atoms with Crippen LogP contribution in [0.4, 0.5) is 5.82 Å². The third-order valence-electron chi connectivity index (χ3n) is 2.91. The lowest BCUT2D eigenvalue weighted by Crippen LogP contribution is -2.23. The van der Waals surface area contributed by atoms with E-state index >= 15 is 0 Å². The maximum atomic E-state index is 6.19. The molecule has 0 atom stereocenters. The van der Waals surface area contributed by atoms with Gasteiger partial charge in [0.1, 0.15) is 16.8 Å². The molecule has 0 aromatic carbocycles. The highest BCUT2D eigenvalue weighted by molar-refractivity contribution is 7.09. The zero-order chi connectivity index (χ0) is 13.8. The van der Waals surface area contributed by atoms with Crippen LogP contribution in [0.1, 0.15) is 23.3 Å². The minimum atomic E-state index is 0.561. The molecule has 0 unspecified atom stereocenters. The van der Waals surface area contributed by atoms with Gasteiger partial charge in [0.05, 0.1) is 5.01 Å². The van der Waals surface area contributed by atoms with Crippen molar-refractivity contribution in [2.45, 2.75) is 26.7 Å². The summed E-state index contributed by atoms with van der Waals surface area (Å²) >= 11 is 7.87. The summed E-state index contributed by atoms with van der Waals surface area (Å²) in [6.45, 7) is 4.80. The zero-order valence-corrected chi connectivity index (χ0v) is 12.9. The fourth-order valence-electron chi connectivity index (χ4n) is 1.91. The van der Waals surface area contributed by atoms with Gasteiger partial charge < -0.3 is 4.90 Å². The van der Waals surface area contributed by atoms with Crippen LogP contribution >= 0.6 is 22.9 Å². The number of hydrogen-bond donors (Lipinski definition) is 0. The van der Waals surface area contributed by atoms with Crippen molar-refractivity contribution in [2.75, 3.05) is 18.5 Å². The molecule has 0 fully saturated rings. The first-order chi connectivity index (χ1) is 9.11. The predicted octanol–water partition coefficient (Wildman–Crippen LogP) is 3.14. The summed E-state index contributed by atoms with van der Waals surface area (Å²) < 4.78 is 0. The van der Waals surface area contributed by atoms with Crippen molar-refractivity contribution < 1.29 is 0 Å². The van der Waals surface area contributed by atoms with Crippen LogP contribution in [0.5, 0.6) is 0 Å². The normalized spacial score (nSPS) is 10.7. The molecule has 4 nitrogen and oxygen atoms in total. The van der Waals surface area contributed by atoms with Crippen molar-refractivity contribution in [3.05, 3.63) is 33.1 Å². The summed E-state index contributed by atoms with van der Waals surface area (Å²) in [6, 6.07) is 0. The molecule has 2 aromatic heterocycles. The molecule has 0 N–H and O–H groups in total. The fraction of sp³-hybridized carbons (Fsp3) is 0.462. The molecule has 0 saturated heterocycles. The minimum absolute atomic E-state index is 0.561. The van der Waals surface area contributed by atoms with Crippen molar-refractivity contribution in [1.82, 2.24) is 15.0 Å². The van der Waals surface area contributed by atoms with E-state index in [1.54, 1.807) is 11.3 Å². The highest BCUT2D eigenvalue weighted by Gasteiger charge is 2.14. The van der Waals surface area contributed by atoms with Crippen LogP contribution in [0.25, 0.3) is 0 Å². The second-order valence-corrected chi connectivity index (χ2v) is 5.65. The van der Waals surface area contributed by atoms with Gasteiger partial charge in [-0.1, -0.05) is 18.5 Å². The van der Waals surface area contributed by atoms with Crippen molar-refractivity contribution >= 4 is 28.8 Å². The fourth-order valence-corrected chi connectivity index (χ4v) is 2.86. The highest BCUT2D eigenvalue weighted by atomic mass is 35.5. The summed E-state index contributed by atoms with van der Waals surface area (Å²) in [5.41, 5.74) is 1.01. The Hall–Kier alpha value is -1.20. The Morgan fingerprint density at radius 3 is 2.79 bits per heavy atom. The first kappa shape index (κ1) is 14.2. The number of hydrogen-bond acceptors (Lipinski definition) is 5. The van der Waals surface area contributed by atoms with Gasteiger partial charge in [0.15, 0.2) is 0 Å². The molecule has 0 amide bonds. The number of nitrogens with zero attached hydrogens (tertiary/aromatic N) is 4. The largest absolute Gasteiger partial charge is 0.359 e. The van der Waals surface area contributed by atoms with Gasteiger partial charge in [-0.25, -0.2) is 15.0 Å². The lowest BCUT2D eigenvalue weighted by Gasteiger charge is -2.21. The van der Waals surface area contributed by atoms with Crippen LogP contribution in [0.3, 0.4) is 0 Å². The topological polar surface area (TPSA) is 41.9 Å². The Balaban J connectivity index is 2.16. The monoisotopic (exact) mass is 296 g/mol. The number of anilines is 1. The Bertz CT molecular complexity index is 542. The van der Waals surface area contributed by atoms with Gasteiger partial charge in [-0.15, -0.1) is 11.3 Å². The van der Waals surface area contributed by atoms with Crippen LogP contribution in [-0.4, -0.2) is 28.5 Å². The van der Waals surface area contributed by atoms with Gasteiger partial charge in [-0.2, -0.15) is 0 Å². The number of aryl methyl sites for hydroxylation is 1. The summed E-state index contributed by atoms with van der Waals surface area (Å²) in [4.78, 5) is 15.2. The standard InChI is InChI=1S/C13H17ClN4S/c1-4-10-12(14)16-9(2)17-13(10)18(3)7-5-11-15-6-8-19-11/h6,8H,4-5,7H2,1-3H3. The molecule has 0 spiro atoms. The Morgan fingerprint density at radius 2 is 2.16 bits per heavy atom. The maximum absolute atomic E-state index is 6.19. The number of thiazole rings is 1. The smallest absolute Gasteiger partial charge is 0.138 e. The van der Waals surface area contributed by atoms with E-state index < -0.39 is 0 Å². The van der Waals surface area contributed by atoms with Crippen molar-refractivity contribution in [2.24, 2.45) is 0 Å². The molecule has 0 saturated carbocycles. The molecule has 2 heterocycles. The highest BCUT2D eigenvalue weighted by Crippen LogP contribution is 2.24. The average Bonchev–Trinajstić information content (AvgIpc) is 2.88. The molecule has 19 heavy (non-hydrogen) atoms. The number of aromatic nitrogens is 3. The second-order valence-electron chi connectivity index (χ2n) is 4.31. The Labute approximate surface area is 122 Å². The van der Waals surface area contributed by atoms with Crippen LogP contribution in [-0.2, 0) is 12.8 Å². The number of likely N-dealkylation sites (N-methyl/N-ethyl adjacent to an activating group) is 1. The predicted molar refractivity (Wildman–Crippen MR) is 80.2 cm³/mol. The van der Waals surface area contributed by atoms with E-state index in [1.807, 2.05) is 25.5 Å². The van der Waals surface area contributed by atoms with E-state index in [1.165, 1.54) is 0 Å². The molecule has 0 aliphatic carbocycles. The summed E-state index contributed by atoms with van der Waals surface area (Å²) in [5.74, 6) is 1.63. The summed E-state index contributed by atoms with van der Waals surface area (Å²) in [6.07, 6.45) is 3.58. The van der Waals surface area contributed by atoms with Gasteiger partial charge in [-0.3, -0.25) is 0 Å². The molecule has 102 valence electrons. The average molecular weight is 297 g/mol. The molecule has 2 rings (SSSR count). The van der Waals surface area contributed by atoms with Crippen molar-refractivity contribution in [3.63, 3.8) is 0 Å². The van der Waals surface area contributed by atoms with E-state index in [9.17, 15) is 0 Å². The van der Waals surface area contributed by atoms with E-state index in [0.717, 1.165) is 35.8 Å². The van der Waals surface area contributed by atoms with Crippen molar-refractivity contribution in [3.8, 4) is 0 Å². The Kier molecular flexibility index (Phi) is 4.71. The van der Waals surface area contributed by atoms with E-state index in [-0.39, 0.29) is 0 Å². The molecule has 6 heteroatoms. The lowest BCUT2D eigenvalue weighted by atomic mass is 10.2. The maximum Gasteiger partial charge on any atom is 0.138 e. The first-order valence-electron chi connectivity index (χ1n) is 6.24. The third-order valence-corrected chi connectivity index (χ3v) is 4.06. The quantitative estimate of drug-likeness (QED) is 0.795. The van der Waals surface area contributed by atoms with Gasteiger partial charge in [0.2, 0.25) is 0 Å². The molecule has 0 aliphatic rings. The van der Waals surface area contributed by atoms with Gasteiger partial charge in [0, 0.05) is 37.2 Å². The molecular formula is C13H17ClN4S. The minimum Gasteiger partial charge on any atom is -0.359 e. The van der Waals surface area contributed by atoms with E-state index in [2.05, 4.69) is 26.8 Å². The first-order valence-corrected chi connectivity index (χ1v) is 7.50. The lowest BCUT2D eigenvalue weighted by molar-refractivity contribution is 0.829. The Morgan fingerprint density at radius 1 is 1.37 bits per heavy atom. The van der Waals surface area contributed by atoms with Gasteiger partial charge in [0.25, 0.3) is 0 Å². The SMILES string of the molecule is CCc1c(Cl)nc(C)nc1N(C)CCc1nccs1.